The fourth-order valence-electron chi connectivity index (χ4n) is 1.64. The van der Waals surface area contributed by atoms with Crippen LogP contribution >= 0.6 is 0 Å². The lowest BCUT2D eigenvalue weighted by Crippen LogP contribution is -2.52. The molecule has 8 heteroatoms. The zero-order valence-corrected chi connectivity index (χ0v) is 9.33. The van der Waals surface area contributed by atoms with E-state index in [4.69, 9.17) is 9.66 Å². The van der Waals surface area contributed by atoms with E-state index in [1.165, 1.54) is 0 Å². The lowest BCUT2D eigenvalue weighted by atomic mass is 9.95. The van der Waals surface area contributed by atoms with Crippen molar-refractivity contribution in [3.05, 3.63) is 0 Å². The number of nitrogens with one attached hydrogen (secondary N) is 1. The zero-order valence-electron chi connectivity index (χ0n) is 8.52. The number of hydrogen-bond donors (Lipinski definition) is 3. The van der Waals surface area contributed by atoms with Gasteiger partial charge in [-0.2, -0.15) is 12.8 Å². The summed E-state index contributed by atoms with van der Waals surface area (Å²) in [5.41, 5.74) is 0. The first kappa shape index (κ1) is 13.3. The van der Waals surface area contributed by atoms with E-state index in [2.05, 4.69) is 5.32 Å². The maximum atomic E-state index is 13.1. The van der Waals surface area contributed by atoms with Crippen molar-refractivity contribution in [1.29, 1.82) is 0 Å². The number of halogens is 1. The summed E-state index contributed by atoms with van der Waals surface area (Å²) < 4.78 is 42.2. The molecule has 0 aromatic heterocycles. The number of aliphatic hydroxyl groups is 1. The molecule has 1 unspecified atom stereocenters. The lowest BCUT2D eigenvalue weighted by Gasteiger charge is -2.24. The first-order valence-electron chi connectivity index (χ1n) is 4.94. The predicted octanol–water partition coefficient (Wildman–Crippen LogP) is -0.0613. The Labute approximate surface area is 92.6 Å². The molecule has 0 bridgehead atoms. The Kier molecular flexibility index (Phi) is 3.87. The van der Waals surface area contributed by atoms with Crippen molar-refractivity contribution >= 4 is 16.0 Å². The van der Waals surface area contributed by atoms with Gasteiger partial charge in [0, 0.05) is 6.04 Å². The molecule has 1 saturated carbocycles. The average Bonchev–Trinajstić information content (AvgIpc) is 2.17. The molecule has 0 saturated heterocycles. The van der Waals surface area contributed by atoms with Crippen molar-refractivity contribution in [3.8, 4) is 0 Å². The normalized spacial score (nSPS) is 22.4. The summed E-state index contributed by atoms with van der Waals surface area (Å²) >= 11 is 0. The molecule has 1 amide bonds. The standard InChI is InChI=1S/C8H14FNO5S/c9-8(12,16(13,14)15)7(11)10-6-4-2-1-3-5-6/h6,12H,1-5H2,(H,10,11)(H,13,14,15). The molecule has 1 atom stereocenters. The number of alkyl halides is 1. The van der Waals surface area contributed by atoms with Crippen LogP contribution in [0.3, 0.4) is 0 Å². The summed E-state index contributed by atoms with van der Waals surface area (Å²) in [6.45, 7) is 0. The van der Waals surface area contributed by atoms with Crippen LogP contribution in [0.25, 0.3) is 0 Å². The van der Waals surface area contributed by atoms with Crippen molar-refractivity contribution < 1.29 is 27.3 Å². The third-order valence-electron chi connectivity index (χ3n) is 2.56. The molecule has 0 aromatic carbocycles. The molecule has 3 N–H and O–H groups in total. The maximum absolute atomic E-state index is 13.1. The monoisotopic (exact) mass is 255 g/mol. The van der Waals surface area contributed by atoms with E-state index in [9.17, 15) is 17.6 Å². The summed E-state index contributed by atoms with van der Waals surface area (Å²) in [6.07, 6.45) is 3.91. The lowest BCUT2D eigenvalue weighted by molar-refractivity contribution is -0.145. The zero-order chi connectivity index (χ0) is 12.4. The molecule has 0 spiro atoms. The summed E-state index contributed by atoms with van der Waals surface area (Å²) in [7, 11) is -5.48. The molecule has 0 aliphatic heterocycles. The number of rotatable bonds is 3. The molecule has 0 heterocycles. The van der Waals surface area contributed by atoms with E-state index in [0.29, 0.717) is 12.8 Å². The topological polar surface area (TPSA) is 104 Å². The molecule has 16 heavy (non-hydrogen) atoms. The Morgan fingerprint density at radius 2 is 1.81 bits per heavy atom. The third-order valence-corrected chi connectivity index (χ3v) is 3.43. The van der Waals surface area contributed by atoms with Gasteiger partial charge in [-0.1, -0.05) is 19.3 Å². The summed E-state index contributed by atoms with van der Waals surface area (Å²) in [5, 5.41) is 6.52. The van der Waals surface area contributed by atoms with Crippen molar-refractivity contribution in [1.82, 2.24) is 5.32 Å². The molecule has 1 rings (SSSR count). The molecule has 1 aliphatic rings. The van der Waals surface area contributed by atoms with Gasteiger partial charge in [-0.3, -0.25) is 9.35 Å². The van der Waals surface area contributed by atoms with Crippen molar-refractivity contribution in [2.75, 3.05) is 0 Å². The number of carbonyl (C=O) groups excluding carboxylic acids is 1. The van der Waals surface area contributed by atoms with E-state index in [1.807, 2.05) is 0 Å². The molecule has 1 aliphatic carbocycles. The van der Waals surface area contributed by atoms with Crippen LogP contribution in [0.4, 0.5) is 4.39 Å². The van der Waals surface area contributed by atoms with Crippen LogP contribution in [0.5, 0.6) is 0 Å². The highest BCUT2D eigenvalue weighted by atomic mass is 32.2. The second-order valence-electron chi connectivity index (χ2n) is 3.84. The molecular weight excluding hydrogens is 241 g/mol. The Morgan fingerprint density at radius 3 is 2.25 bits per heavy atom. The van der Waals surface area contributed by atoms with E-state index < -0.39 is 21.2 Å². The Bertz CT molecular complexity index is 361. The summed E-state index contributed by atoms with van der Waals surface area (Å²) in [5.74, 6) is -1.73. The molecule has 94 valence electrons. The molecular formula is C8H14FNO5S. The molecule has 6 nitrogen and oxygen atoms in total. The van der Waals surface area contributed by atoms with Gasteiger partial charge in [-0.15, -0.1) is 0 Å². The first-order valence-corrected chi connectivity index (χ1v) is 6.38. The Balaban J connectivity index is 2.64. The van der Waals surface area contributed by atoms with Crippen molar-refractivity contribution in [3.63, 3.8) is 0 Å². The van der Waals surface area contributed by atoms with Crippen molar-refractivity contribution in [2.24, 2.45) is 0 Å². The van der Waals surface area contributed by atoms with E-state index in [0.717, 1.165) is 19.3 Å². The van der Waals surface area contributed by atoms with Crippen LogP contribution in [0, 0.1) is 0 Å². The summed E-state index contributed by atoms with van der Waals surface area (Å²) in [6, 6.07) is -0.356. The van der Waals surface area contributed by atoms with Crippen molar-refractivity contribution in [2.45, 2.75) is 43.3 Å². The van der Waals surface area contributed by atoms with Gasteiger partial charge in [0.15, 0.2) is 0 Å². The van der Waals surface area contributed by atoms with Gasteiger partial charge in [0.2, 0.25) is 0 Å². The fraction of sp³-hybridized carbons (Fsp3) is 0.875. The number of hydrogen-bond acceptors (Lipinski definition) is 4. The second kappa shape index (κ2) is 4.64. The number of carbonyl (C=O) groups is 1. The highest BCUT2D eigenvalue weighted by Gasteiger charge is 2.50. The smallest absolute Gasteiger partial charge is 0.347 e. The van der Waals surface area contributed by atoms with E-state index in [1.54, 1.807) is 0 Å². The predicted molar refractivity (Wildman–Crippen MR) is 52.6 cm³/mol. The van der Waals surface area contributed by atoms with Crippen LogP contribution in [0.1, 0.15) is 32.1 Å². The minimum Gasteiger partial charge on any atom is -0.347 e. The molecule has 0 radical (unpaired) electrons. The van der Waals surface area contributed by atoms with Gasteiger partial charge in [0.05, 0.1) is 0 Å². The Hall–Kier alpha value is -0.730. The third kappa shape index (κ3) is 2.89. The minimum atomic E-state index is -5.48. The summed E-state index contributed by atoms with van der Waals surface area (Å²) in [4.78, 5) is 11.1. The highest BCUT2D eigenvalue weighted by Crippen LogP contribution is 2.20. The maximum Gasteiger partial charge on any atom is 0.412 e. The molecule has 0 aromatic rings. The van der Waals surface area contributed by atoms with Crippen LogP contribution < -0.4 is 5.32 Å². The van der Waals surface area contributed by atoms with Crippen LogP contribution in [0.15, 0.2) is 0 Å². The van der Waals surface area contributed by atoms with Gasteiger partial charge in [0.25, 0.3) is 0 Å². The molecule has 1 fully saturated rings. The van der Waals surface area contributed by atoms with Crippen LogP contribution in [0.2, 0.25) is 0 Å². The van der Waals surface area contributed by atoms with E-state index in [-0.39, 0.29) is 6.04 Å². The quantitative estimate of drug-likeness (QED) is 0.613. The van der Waals surface area contributed by atoms with Gasteiger partial charge >= 0.3 is 21.2 Å². The van der Waals surface area contributed by atoms with Crippen LogP contribution in [-0.4, -0.2) is 35.2 Å². The van der Waals surface area contributed by atoms with Crippen LogP contribution in [-0.2, 0) is 14.9 Å². The number of amides is 1. The fourth-order valence-corrected chi connectivity index (χ4v) is 1.93. The average molecular weight is 255 g/mol. The minimum absolute atomic E-state index is 0.356. The van der Waals surface area contributed by atoms with Gasteiger partial charge < -0.3 is 10.4 Å². The van der Waals surface area contributed by atoms with Gasteiger partial charge in [-0.25, -0.2) is 0 Å². The van der Waals surface area contributed by atoms with E-state index >= 15 is 0 Å². The van der Waals surface area contributed by atoms with Gasteiger partial charge in [-0.05, 0) is 12.8 Å². The van der Waals surface area contributed by atoms with Gasteiger partial charge in [0.1, 0.15) is 0 Å². The Morgan fingerprint density at radius 1 is 1.31 bits per heavy atom. The highest BCUT2D eigenvalue weighted by molar-refractivity contribution is 7.87. The second-order valence-corrected chi connectivity index (χ2v) is 5.34. The largest absolute Gasteiger partial charge is 0.412 e. The first-order chi connectivity index (χ1) is 7.25. The SMILES string of the molecule is O=C(NC1CCCCC1)C(O)(F)S(=O)(=O)O.